The monoisotopic (exact) mass is 346 g/mol. The number of benzene rings is 1. The van der Waals surface area contributed by atoms with Crippen molar-refractivity contribution in [1.82, 2.24) is 15.5 Å². The van der Waals surface area contributed by atoms with Crippen LogP contribution in [0.2, 0.25) is 0 Å². The van der Waals surface area contributed by atoms with Crippen LogP contribution in [0.15, 0.2) is 33.7 Å². The average Bonchev–Trinajstić information content (AvgIpc) is 3.21. The molecule has 6 nitrogen and oxygen atoms in total. The third kappa shape index (κ3) is 4.74. The summed E-state index contributed by atoms with van der Waals surface area (Å²) in [4.78, 5) is 17.3. The van der Waals surface area contributed by atoms with Crippen LogP contribution >= 0.6 is 11.8 Å². The molecule has 1 aromatic heterocycles. The van der Waals surface area contributed by atoms with Crippen LogP contribution in [0, 0.1) is 6.92 Å². The lowest BCUT2D eigenvalue weighted by atomic mass is 10.3. The highest BCUT2D eigenvalue weighted by atomic mass is 32.2. The minimum atomic E-state index is -0.217. The number of amides is 2. The van der Waals surface area contributed by atoms with Gasteiger partial charge in [-0.05, 0) is 31.9 Å². The molecule has 3 rings (SSSR count). The van der Waals surface area contributed by atoms with E-state index in [-0.39, 0.29) is 6.03 Å². The Bertz CT molecular complexity index is 683. The average molecular weight is 346 g/mol. The van der Waals surface area contributed by atoms with Crippen molar-refractivity contribution in [2.24, 2.45) is 0 Å². The van der Waals surface area contributed by atoms with E-state index in [4.69, 9.17) is 4.52 Å². The molecule has 1 saturated carbocycles. The lowest BCUT2D eigenvalue weighted by Crippen LogP contribution is -2.30. The molecule has 0 aliphatic heterocycles. The predicted octanol–water partition coefficient (Wildman–Crippen LogP) is 3.78. The molecular formula is C17H22N4O2S. The smallest absolute Gasteiger partial charge is 0.319 e. The first kappa shape index (κ1) is 16.8. The summed E-state index contributed by atoms with van der Waals surface area (Å²) < 4.78 is 5.02. The summed E-state index contributed by atoms with van der Waals surface area (Å²) in [5.41, 5.74) is 0.862. The maximum Gasteiger partial charge on any atom is 0.319 e. The highest BCUT2D eigenvalue weighted by Gasteiger charge is 2.18. The van der Waals surface area contributed by atoms with Gasteiger partial charge in [0, 0.05) is 23.1 Å². The standard InChI is InChI=1S/C17H22N4O2S/c1-12-19-16(23-21-12)10-11-18-17(22)20-14-8-4-5-9-15(14)24-13-6-2-3-7-13/h4-5,8-9,13H,2-3,6-7,10-11H2,1H3,(H2,18,20,22). The third-order valence-corrected chi connectivity index (χ3v) is 5.34. The van der Waals surface area contributed by atoms with Gasteiger partial charge in [-0.1, -0.05) is 30.1 Å². The zero-order chi connectivity index (χ0) is 16.8. The molecule has 0 saturated heterocycles. The van der Waals surface area contributed by atoms with Crippen molar-refractivity contribution in [3.8, 4) is 0 Å². The van der Waals surface area contributed by atoms with Crippen molar-refractivity contribution < 1.29 is 9.32 Å². The Balaban J connectivity index is 1.50. The molecule has 2 N–H and O–H groups in total. The van der Waals surface area contributed by atoms with Crippen molar-refractivity contribution in [3.63, 3.8) is 0 Å². The molecule has 1 aromatic carbocycles. The Kier molecular flexibility index (Phi) is 5.74. The minimum Gasteiger partial charge on any atom is -0.339 e. The molecule has 1 heterocycles. The molecule has 0 unspecified atom stereocenters. The molecular weight excluding hydrogens is 324 g/mol. The quantitative estimate of drug-likeness (QED) is 0.832. The van der Waals surface area contributed by atoms with E-state index in [9.17, 15) is 4.79 Å². The fourth-order valence-corrected chi connectivity index (χ4v) is 4.08. The first-order valence-corrected chi connectivity index (χ1v) is 9.18. The first-order chi connectivity index (χ1) is 11.7. The van der Waals surface area contributed by atoms with Gasteiger partial charge < -0.3 is 15.2 Å². The SMILES string of the molecule is Cc1noc(CCNC(=O)Nc2ccccc2SC2CCCC2)n1. The second-order valence-corrected chi connectivity index (χ2v) is 7.23. The number of para-hydroxylation sites is 1. The fourth-order valence-electron chi connectivity index (χ4n) is 2.75. The summed E-state index contributed by atoms with van der Waals surface area (Å²) >= 11 is 1.87. The predicted molar refractivity (Wildman–Crippen MR) is 94.3 cm³/mol. The van der Waals surface area contributed by atoms with E-state index in [1.165, 1.54) is 25.7 Å². The van der Waals surface area contributed by atoms with Crippen LogP contribution in [0.1, 0.15) is 37.4 Å². The van der Waals surface area contributed by atoms with Gasteiger partial charge >= 0.3 is 6.03 Å². The summed E-state index contributed by atoms with van der Waals surface area (Å²) in [6.07, 6.45) is 5.65. The maximum absolute atomic E-state index is 12.1. The van der Waals surface area contributed by atoms with E-state index in [0.29, 0.717) is 29.9 Å². The molecule has 2 amide bonds. The Morgan fingerprint density at radius 2 is 2.12 bits per heavy atom. The van der Waals surface area contributed by atoms with Crippen molar-refractivity contribution in [2.75, 3.05) is 11.9 Å². The lowest BCUT2D eigenvalue weighted by Gasteiger charge is -2.14. The van der Waals surface area contributed by atoms with Crippen LogP contribution in [0.4, 0.5) is 10.5 Å². The number of urea groups is 1. The van der Waals surface area contributed by atoms with E-state index < -0.39 is 0 Å². The van der Waals surface area contributed by atoms with Crippen LogP contribution in [0.3, 0.4) is 0 Å². The van der Waals surface area contributed by atoms with Crippen LogP contribution < -0.4 is 10.6 Å². The Hall–Kier alpha value is -2.02. The molecule has 1 aliphatic carbocycles. The number of carbonyl (C=O) groups is 1. The summed E-state index contributed by atoms with van der Waals surface area (Å²) in [5.74, 6) is 1.14. The number of nitrogens with one attached hydrogen (secondary N) is 2. The van der Waals surface area contributed by atoms with Gasteiger partial charge in [0.2, 0.25) is 5.89 Å². The number of hydrogen-bond acceptors (Lipinski definition) is 5. The van der Waals surface area contributed by atoms with Gasteiger partial charge in [0.25, 0.3) is 0 Å². The number of rotatable bonds is 6. The zero-order valence-electron chi connectivity index (χ0n) is 13.7. The van der Waals surface area contributed by atoms with E-state index in [1.807, 2.05) is 30.0 Å². The number of thioether (sulfide) groups is 1. The van der Waals surface area contributed by atoms with Gasteiger partial charge in [0.05, 0.1) is 5.69 Å². The number of carbonyl (C=O) groups excluding carboxylic acids is 1. The number of aromatic nitrogens is 2. The van der Waals surface area contributed by atoms with Crippen molar-refractivity contribution in [1.29, 1.82) is 0 Å². The Labute approximate surface area is 145 Å². The topological polar surface area (TPSA) is 80.0 Å². The van der Waals surface area contributed by atoms with Crippen LogP contribution in [0.5, 0.6) is 0 Å². The molecule has 0 spiro atoms. The van der Waals surface area contributed by atoms with E-state index >= 15 is 0 Å². The second-order valence-electron chi connectivity index (χ2n) is 5.89. The van der Waals surface area contributed by atoms with Gasteiger partial charge in [-0.15, -0.1) is 11.8 Å². The van der Waals surface area contributed by atoms with Gasteiger partial charge in [0.1, 0.15) is 0 Å². The van der Waals surface area contributed by atoms with E-state index in [1.54, 1.807) is 6.92 Å². The highest BCUT2D eigenvalue weighted by molar-refractivity contribution is 8.00. The summed E-state index contributed by atoms with van der Waals surface area (Å²) in [7, 11) is 0. The fraction of sp³-hybridized carbons (Fsp3) is 0.471. The van der Waals surface area contributed by atoms with Crippen molar-refractivity contribution in [3.05, 3.63) is 36.0 Å². The third-order valence-electron chi connectivity index (χ3n) is 3.93. The molecule has 1 aliphatic rings. The van der Waals surface area contributed by atoms with Crippen molar-refractivity contribution >= 4 is 23.5 Å². The minimum absolute atomic E-state index is 0.217. The molecule has 24 heavy (non-hydrogen) atoms. The number of nitrogens with zero attached hydrogens (tertiary/aromatic N) is 2. The van der Waals surface area contributed by atoms with Crippen LogP contribution in [-0.2, 0) is 6.42 Å². The van der Waals surface area contributed by atoms with Crippen LogP contribution in [-0.4, -0.2) is 28.0 Å². The molecule has 0 bridgehead atoms. The molecule has 1 fully saturated rings. The summed E-state index contributed by atoms with van der Waals surface area (Å²) in [6, 6.07) is 7.75. The lowest BCUT2D eigenvalue weighted by molar-refractivity contribution is 0.251. The van der Waals surface area contributed by atoms with Gasteiger partial charge in [-0.3, -0.25) is 0 Å². The van der Waals surface area contributed by atoms with Crippen molar-refractivity contribution in [2.45, 2.75) is 49.2 Å². The molecule has 0 radical (unpaired) electrons. The van der Waals surface area contributed by atoms with Crippen LogP contribution in [0.25, 0.3) is 0 Å². The molecule has 128 valence electrons. The number of hydrogen-bond donors (Lipinski definition) is 2. The van der Waals surface area contributed by atoms with E-state index in [0.717, 1.165) is 10.6 Å². The van der Waals surface area contributed by atoms with Gasteiger partial charge in [-0.2, -0.15) is 4.98 Å². The summed E-state index contributed by atoms with van der Waals surface area (Å²) in [5, 5.41) is 10.2. The van der Waals surface area contributed by atoms with Gasteiger partial charge in [0.15, 0.2) is 5.82 Å². The maximum atomic E-state index is 12.1. The molecule has 7 heteroatoms. The molecule has 2 aromatic rings. The normalized spacial score (nSPS) is 14.7. The Morgan fingerprint density at radius 1 is 1.33 bits per heavy atom. The number of anilines is 1. The highest BCUT2D eigenvalue weighted by Crippen LogP contribution is 2.37. The zero-order valence-corrected chi connectivity index (χ0v) is 14.6. The first-order valence-electron chi connectivity index (χ1n) is 8.30. The largest absolute Gasteiger partial charge is 0.339 e. The number of aryl methyl sites for hydroxylation is 1. The molecule has 0 atom stereocenters. The van der Waals surface area contributed by atoms with Gasteiger partial charge in [-0.25, -0.2) is 4.79 Å². The summed E-state index contributed by atoms with van der Waals surface area (Å²) in [6.45, 7) is 2.22. The Morgan fingerprint density at radius 3 is 2.88 bits per heavy atom. The van der Waals surface area contributed by atoms with E-state index in [2.05, 4.69) is 26.8 Å². The second kappa shape index (κ2) is 8.19.